The molecule has 1 aliphatic rings. The summed E-state index contributed by atoms with van der Waals surface area (Å²) in [5.74, 6) is -0.398. The first-order chi connectivity index (χ1) is 9.40. The molecule has 1 aromatic carbocycles. The zero-order valence-electron chi connectivity index (χ0n) is 10.1. The number of rotatable bonds is 4. The summed E-state index contributed by atoms with van der Waals surface area (Å²) >= 11 is 0. The van der Waals surface area contributed by atoms with Crippen molar-refractivity contribution in [2.75, 3.05) is 6.61 Å². The molecule has 0 spiro atoms. The normalized spacial score (nSPS) is 19.4. The molecule has 1 aliphatic heterocycles. The monoisotopic (exact) mass is 293 g/mol. The minimum atomic E-state index is -4.59. The molecular formula is C12H11F4NO3. The van der Waals surface area contributed by atoms with Crippen molar-refractivity contribution in [3.8, 4) is 5.75 Å². The largest absolute Gasteiger partial charge is 0.461 e. The van der Waals surface area contributed by atoms with E-state index in [0.717, 1.165) is 6.07 Å². The fraction of sp³-hybridized carbons (Fsp3) is 0.417. The van der Waals surface area contributed by atoms with Crippen LogP contribution in [-0.4, -0.2) is 25.2 Å². The quantitative estimate of drug-likeness (QED) is 0.868. The Kier molecular flexibility index (Phi) is 4.01. The summed E-state index contributed by atoms with van der Waals surface area (Å²) in [6, 6.07) is 4.85. The third kappa shape index (κ3) is 3.12. The van der Waals surface area contributed by atoms with Gasteiger partial charge in [-0.3, -0.25) is 0 Å². The van der Waals surface area contributed by atoms with Gasteiger partial charge in [0.2, 0.25) is 0 Å². The Bertz CT molecular complexity index is 495. The standard InChI is InChI=1S/C12H11F4NO3/c13-10(14)12(15,16)20-9-4-2-1-3-7(9)8-5-6-19-11(18)17-8/h1-4,8,10H,5-6H2,(H,17,18)/t8-/m0/s1. The topological polar surface area (TPSA) is 47.6 Å². The van der Waals surface area contributed by atoms with Crippen molar-refractivity contribution in [3.63, 3.8) is 0 Å². The maximum Gasteiger partial charge on any atom is 0.461 e. The molecule has 0 bridgehead atoms. The molecule has 0 unspecified atom stereocenters. The van der Waals surface area contributed by atoms with Crippen LogP contribution in [0.3, 0.4) is 0 Å². The summed E-state index contributed by atoms with van der Waals surface area (Å²) in [5.41, 5.74) is 0.199. The Hall–Kier alpha value is -1.99. The van der Waals surface area contributed by atoms with Crippen LogP contribution in [0.2, 0.25) is 0 Å². The Morgan fingerprint density at radius 3 is 2.70 bits per heavy atom. The summed E-state index contributed by atoms with van der Waals surface area (Å²) in [6.45, 7) is 0.107. The number of ether oxygens (including phenoxy) is 2. The predicted molar refractivity (Wildman–Crippen MR) is 59.9 cm³/mol. The van der Waals surface area contributed by atoms with Crippen molar-refractivity contribution < 1.29 is 31.8 Å². The third-order valence-electron chi connectivity index (χ3n) is 2.73. The van der Waals surface area contributed by atoms with Crippen LogP contribution in [0.4, 0.5) is 22.4 Å². The van der Waals surface area contributed by atoms with Gasteiger partial charge in [-0.1, -0.05) is 18.2 Å². The number of hydrogen-bond acceptors (Lipinski definition) is 3. The van der Waals surface area contributed by atoms with Crippen molar-refractivity contribution >= 4 is 6.09 Å². The first kappa shape index (κ1) is 14.4. The molecule has 4 nitrogen and oxygen atoms in total. The molecule has 0 aromatic heterocycles. The molecule has 1 amide bonds. The van der Waals surface area contributed by atoms with Gasteiger partial charge in [0.1, 0.15) is 5.75 Å². The Morgan fingerprint density at radius 1 is 1.35 bits per heavy atom. The van der Waals surface area contributed by atoms with Gasteiger partial charge in [0.15, 0.2) is 0 Å². The van der Waals surface area contributed by atoms with E-state index in [9.17, 15) is 22.4 Å². The van der Waals surface area contributed by atoms with E-state index in [-0.39, 0.29) is 12.2 Å². The van der Waals surface area contributed by atoms with Gasteiger partial charge < -0.3 is 14.8 Å². The average molecular weight is 293 g/mol. The summed E-state index contributed by atoms with van der Waals surface area (Å²) < 4.78 is 59.0. The molecule has 8 heteroatoms. The lowest BCUT2D eigenvalue weighted by molar-refractivity contribution is -0.253. The van der Waals surface area contributed by atoms with Crippen LogP contribution in [0, 0.1) is 0 Å². The molecule has 1 aromatic rings. The molecule has 1 N–H and O–H groups in total. The fourth-order valence-electron chi connectivity index (χ4n) is 1.81. The predicted octanol–water partition coefficient (Wildman–Crippen LogP) is 3.09. The van der Waals surface area contributed by atoms with Crippen molar-refractivity contribution in [2.24, 2.45) is 0 Å². The molecule has 1 heterocycles. The van der Waals surface area contributed by atoms with Gasteiger partial charge in [-0.2, -0.15) is 17.6 Å². The summed E-state index contributed by atoms with van der Waals surface area (Å²) in [5, 5.41) is 2.41. The number of alkyl carbamates (subject to hydrolysis) is 1. The van der Waals surface area contributed by atoms with Gasteiger partial charge in [0.25, 0.3) is 0 Å². The van der Waals surface area contributed by atoms with E-state index in [0.29, 0.717) is 6.42 Å². The maximum absolute atomic E-state index is 13.0. The van der Waals surface area contributed by atoms with Crippen LogP contribution in [0.1, 0.15) is 18.0 Å². The van der Waals surface area contributed by atoms with Gasteiger partial charge in [0, 0.05) is 12.0 Å². The molecule has 110 valence electrons. The minimum Gasteiger partial charge on any atom is -0.449 e. The Labute approximate surface area is 111 Å². The number of alkyl halides is 4. The lowest BCUT2D eigenvalue weighted by Gasteiger charge is -2.26. The van der Waals surface area contributed by atoms with Crippen molar-refractivity contribution in [3.05, 3.63) is 29.8 Å². The number of cyclic esters (lactones) is 1. The molecule has 2 rings (SSSR count). The van der Waals surface area contributed by atoms with E-state index in [4.69, 9.17) is 0 Å². The second-order valence-electron chi connectivity index (χ2n) is 4.12. The minimum absolute atomic E-state index is 0.107. The molecule has 1 saturated heterocycles. The van der Waals surface area contributed by atoms with Crippen LogP contribution in [0.25, 0.3) is 0 Å². The van der Waals surface area contributed by atoms with Crippen LogP contribution >= 0.6 is 0 Å². The van der Waals surface area contributed by atoms with E-state index < -0.39 is 30.4 Å². The molecule has 1 fully saturated rings. The Balaban J connectivity index is 2.24. The van der Waals surface area contributed by atoms with Gasteiger partial charge in [0.05, 0.1) is 12.6 Å². The van der Waals surface area contributed by atoms with Crippen molar-refractivity contribution in [2.45, 2.75) is 25.0 Å². The first-order valence-corrected chi connectivity index (χ1v) is 5.77. The van der Waals surface area contributed by atoms with E-state index in [1.54, 1.807) is 0 Å². The number of hydrogen-bond donors (Lipinski definition) is 1. The lowest BCUT2D eigenvalue weighted by Crippen LogP contribution is -2.37. The molecular weight excluding hydrogens is 282 g/mol. The zero-order valence-corrected chi connectivity index (χ0v) is 10.1. The van der Waals surface area contributed by atoms with Crippen molar-refractivity contribution in [1.29, 1.82) is 0 Å². The van der Waals surface area contributed by atoms with E-state index in [2.05, 4.69) is 14.8 Å². The van der Waals surface area contributed by atoms with Crippen LogP contribution in [-0.2, 0) is 4.74 Å². The first-order valence-electron chi connectivity index (χ1n) is 5.77. The number of benzene rings is 1. The van der Waals surface area contributed by atoms with Gasteiger partial charge in [-0.05, 0) is 6.07 Å². The highest BCUT2D eigenvalue weighted by atomic mass is 19.3. The molecule has 0 saturated carbocycles. The van der Waals surface area contributed by atoms with E-state index in [1.807, 2.05) is 0 Å². The second kappa shape index (κ2) is 5.56. The number of amides is 1. The number of carbonyl (C=O) groups excluding carboxylic acids is 1. The molecule has 0 radical (unpaired) electrons. The third-order valence-corrected chi connectivity index (χ3v) is 2.73. The number of para-hydroxylation sites is 1. The smallest absolute Gasteiger partial charge is 0.449 e. The van der Waals surface area contributed by atoms with E-state index in [1.165, 1.54) is 18.2 Å². The summed E-state index contributed by atoms with van der Waals surface area (Å²) in [7, 11) is 0. The SMILES string of the molecule is O=C1N[C@H](c2ccccc2OC(F)(F)C(F)F)CCO1. The number of nitrogens with one attached hydrogen (secondary N) is 1. The van der Waals surface area contributed by atoms with Crippen LogP contribution < -0.4 is 10.1 Å². The summed E-state index contributed by atoms with van der Waals surface area (Å²) in [6.07, 6.45) is -8.91. The average Bonchev–Trinajstić information content (AvgIpc) is 2.38. The highest BCUT2D eigenvalue weighted by Gasteiger charge is 2.44. The van der Waals surface area contributed by atoms with Crippen LogP contribution in [0.5, 0.6) is 5.75 Å². The van der Waals surface area contributed by atoms with Crippen LogP contribution in [0.15, 0.2) is 24.3 Å². The summed E-state index contributed by atoms with van der Waals surface area (Å²) in [4.78, 5) is 11.1. The van der Waals surface area contributed by atoms with E-state index >= 15 is 0 Å². The second-order valence-corrected chi connectivity index (χ2v) is 4.12. The van der Waals surface area contributed by atoms with Gasteiger partial charge in [-0.25, -0.2) is 4.79 Å². The highest BCUT2D eigenvalue weighted by Crippen LogP contribution is 2.34. The lowest BCUT2D eigenvalue weighted by atomic mass is 10.0. The maximum atomic E-state index is 13.0. The van der Waals surface area contributed by atoms with Gasteiger partial charge in [-0.15, -0.1) is 0 Å². The number of halogens is 4. The molecule has 20 heavy (non-hydrogen) atoms. The fourth-order valence-corrected chi connectivity index (χ4v) is 1.81. The van der Waals surface area contributed by atoms with Crippen molar-refractivity contribution in [1.82, 2.24) is 5.32 Å². The van der Waals surface area contributed by atoms with Gasteiger partial charge >= 0.3 is 18.6 Å². The molecule has 0 aliphatic carbocycles. The number of carbonyl (C=O) groups is 1. The molecule has 1 atom stereocenters. The zero-order chi connectivity index (χ0) is 14.8. The Morgan fingerprint density at radius 2 is 2.05 bits per heavy atom. The highest BCUT2D eigenvalue weighted by molar-refractivity contribution is 5.69.